The van der Waals surface area contributed by atoms with Crippen LogP contribution in [0, 0.1) is 0 Å². The number of ether oxygens (including phenoxy) is 1. The number of halogens is 1. The van der Waals surface area contributed by atoms with E-state index in [1.807, 2.05) is 12.1 Å². The second kappa shape index (κ2) is 9.02. The molecule has 1 N–H and O–H groups in total. The van der Waals surface area contributed by atoms with Gasteiger partial charge in [0.05, 0.1) is 11.6 Å². The highest BCUT2D eigenvalue weighted by atomic mass is 35.5. The number of carbonyl (C=O) groups is 3. The van der Waals surface area contributed by atoms with Gasteiger partial charge in [-0.1, -0.05) is 35.9 Å². The van der Waals surface area contributed by atoms with Gasteiger partial charge in [0.15, 0.2) is 0 Å². The molecule has 1 saturated heterocycles. The Bertz CT molecular complexity index is 1110. The Labute approximate surface area is 184 Å². The third-order valence-corrected chi connectivity index (χ3v) is 5.20. The van der Waals surface area contributed by atoms with Crippen LogP contribution in [0.4, 0.5) is 5.69 Å². The van der Waals surface area contributed by atoms with E-state index in [0.717, 1.165) is 5.56 Å². The predicted molar refractivity (Wildman–Crippen MR) is 117 cm³/mol. The maximum atomic E-state index is 12.5. The molecular formula is C24H19ClN2O4. The van der Waals surface area contributed by atoms with Crippen LogP contribution in [0.1, 0.15) is 28.8 Å². The van der Waals surface area contributed by atoms with Crippen LogP contribution < -0.4 is 10.1 Å². The Morgan fingerprint density at radius 3 is 2.19 bits per heavy atom. The van der Waals surface area contributed by atoms with Crippen LogP contribution in [0.15, 0.2) is 72.8 Å². The Balaban J connectivity index is 1.36. The minimum absolute atomic E-state index is 0.159. The van der Waals surface area contributed by atoms with Crippen molar-refractivity contribution >= 4 is 35.0 Å². The van der Waals surface area contributed by atoms with E-state index in [-0.39, 0.29) is 37.1 Å². The van der Waals surface area contributed by atoms with Crippen molar-refractivity contribution in [1.29, 1.82) is 0 Å². The normalized spacial score (nSPS) is 13.4. The molecule has 1 aliphatic rings. The fourth-order valence-corrected chi connectivity index (χ4v) is 3.38. The molecule has 0 aliphatic carbocycles. The molecule has 1 fully saturated rings. The van der Waals surface area contributed by atoms with Gasteiger partial charge in [-0.15, -0.1) is 0 Å². The van der Waals surface area contributed by atoms with Gasteiger partial charge in [-0.05, 0) is 54.1 Å². The molecule has 3 aromatic rings. The van der Waals surface area contributed by atoms with Crippen molar-refractivity contribution in [2.24, 2.45) is 0 Å². The molecule has 0 radical (unpaired) electrons. The third kappa shape index (κ3) is 4.92. The summed E-state index contributed by atoms with van der Waals surface area (Å²) in [7, 11) is 0. The highest BCUT2D eigenvalue weighted by molar-refractivity contribution is 6.32. The lowest BCUT2D eigenvalue weighted by atomic mass is 10.1. The molecule has 6 nitrogen and oxygen atoms in total. The number of rotatable bonds is 6. The van der Waals surface area contributed by atoms with E-state index < -0.39 is 0 Å². The first-order valence-electron chi connectivity index (χ1n) is 9.75. The van der Waals surface area contributed by atoms with Crippen molar-refractivity contribution in [2.45, 2.75) is 19.4 Å². The van der Waals surface area contributed by atoms with Crippen LogP contribution in [0.3, 0.4) is 0 Å². The molecule has 0 atom stereocenters. The molecule has 0 aromatic heterocycles. The van der Waals surface area contributed by atoms with Crippen LogP contribution in [-0.4, -0.2) is 22.6 Å². The summed E-state index contributed by atoms with van der Waals surface area (Å²) in [6, 6.07) is 21.0. The maximum absolute atomic E-state index is 12.5. The van der Waals surface area contributed by atoms with E-state index in [0.29, 0.717) is 27.8 Å². The summed E-state index contributed by atoms with van der Waals surface area (Å²) in [5.74, 6) is 0.571. The van der Waals surface area contributed by atoms with Gasteiger partial charge >= 0.3 is 0 Å². The highest BCUT2D eigenvalue weighted by Gasteiger charge is 2.28. The van der Waals surface area contributed by atoms with Crippen molar-refractivity contribution in [3.8, 4) is 11.5 Å². The topological polar surface area (TPSA) is 75.7 Å². The first kappa shape index (κ1) is 20.6. The molecular weight excluding hydrogens is 416 g/mol. The molecule has 3 aromatic carbocycles. The second-order valence-corrected chi connectivity index (χ2v) is 7.49. The van der Waals surface area contributed by atoms with Crippen molar-refractivity contribution in [2.75, 3.05) is 5.32 Å². The number of benzene rings is 3. The van der Waals surface area contributed by atoms with Gasteiger partial charge in [-0.3, -0.25) is 19.3 Å². The van der Waals surface area contributed by atoms with E-state index in [1.165, 1.54) is 4.90 Å². The average molecular weight is 435 g/mol. The van der Waals surface area contributed by atoms with Crippen LogP contribution >= 0.6 is 11.6 Å². The van der Waals surface area contributed by atoms with Crippen molar-refractivity contribution in [3.63, 3.8) is 0 Å². The van der Waals surface area contributed by atoms with Crippen LogP contribution in [0.5, 0.6) is 11.5 Å². The summed E-state index contributed by atoms with van der Waals surface area (Å²) in [4.78, 5) is 37.2. The zero-order chi connectivity index (χ0) is 21.8. The molecule has 1 aliphatic heterocycles. The number of para-hydroxylation sites is 1. The number of imide groups is 1. The quantitative estimate of drug-likeness (QED) is 0.552. The minimum Gasteiger partial charge on any atom is -0.456 e. The van der Waals surface area contributed by atoms with Gasteiger partial charge < -0.3 is 10.1 Å². The summed E-state index contributed by atoms with van der Waals surface area (Å²) in [6.45, 7) is 0.229. The van der Waals surface area contributed by atoms with Gasteiger partial charge in [0, 0.05) is 24.1 Å². The number of hydrogen-bond acceptors (Lipinski definition) is 4. The lowest BCUT2D eigenvalue weighted by Crippen LogP contribution is -2.28. The van der Waals surface area contributed by atoms with Gasteiger partial charge in [0.1, 0.15) is 11.5 Å². The molecule has 156 valence electrons. The number of nitrogens with zero attached hydrogens (tertiary/aromatic N) is 1. The Morgan fingerprint density at radius 2 is 1.55 bits per heavy atom. The Kier molecular flexibility index (Phi) is 6.00. The molecule has 0 bridgehead atoms. The van der Waals surface area contributed by atoms with Gasteiger partial charge in [-0.25, -0.2) is 0 Å². The largest absolute Gasteiger partial charge is 0.456 e. The Morgan fingerprint density at radius 1 is 0.903 bits per heavy atom. The van der Waals surface area contributed by atoms with Crippen LogP contribution in [0.25, 0.3) is 0 Å². The van der Waals surface area contributed by atoms with E-state index >= 15 is 0 Å². The van der Waals surface area contributed by atoms with Gasteiger partial charge in [0.25, 0.3) is 5.91 Å². The van der Waals surface area contributed by atoms with E-state index in [2.05, 4.69) is 5.32 Å². The zero-order valence-electron chi connectivity index (χ0n) is 16.5. The zero-order valence-corrected chi connectivity index (χ0v) is 17.3. The summed E-state index contributed by atoms with van der Waals surface area (Å²) in [5.41, 5.74) is 1.88. The Hall–Kier alpha value is -3.64. The SMILES string of the molecule is O=C(Nc1ccc(Oc2ccccc2Cl)cc1)c1ccc(CN2C(=O)CCC2=O)cc1. The summed E-state index contributed by atoms with van der Waals surface area (Å²) in [5, 5.41) is 3.34. The molecule has 3 amide bonds. The fraction of sp³-hybridized carbons (Fsp3) is 0.125. The monoisotopic (exact) mass is 434 g/mol. The minimum atomic E-state index is -0.264. The summed E-state index contributed by atoms with van der Waals surface area (Å²) in [6.07, 6.45) is 0.531. The number of likely N-dealkylation sites (tertiary alicyclic amines) is 1. The van der Waals surface area contributed by atoms with E-state index in [1.54, 1.807) is 60.7 Å². The molecule has 31 heavy (non-hydrogen) atoms. The fourth-order valence-electron chi connectivity index (χ4n) is 3.21. The van der Waals surface area contributed by atoms with Crippen LogP contribution in [0.2, 0.25) is 5.02 Å². The summed E-state index contributed by atoms with van der Waals surface area (Å²) < 4.78 is 5.74. The first-order valence-corrected chi connectivity index (χ1v) is 10.1. The standard InChI is InChI=1S/C24H19ClN2O4/c25-20-3-1-2-4-21(20)31-19-11-9-18(10-12-19)26-24(30)17-7-5-16(6-8-17)15-27-22(28)13-14-23(27)29/h1-12H,13-15H2,(H,26,30). The molecule has 0 unspecified atom stereocenters. The molecule has 0 spiro atoms. The van der Waals surface area contributed by atoms with E-state index in [4.69, 9.17) is 16.3 Å². The van der Waals surface area contributed by atoms with Gasteiger partial charge in [-0.2, -0.15) is 0 Å². The number of hydrogen-bond donors (Lipinski definition) is 1. The first-order chi connectivity index (χ1) is 15.0. The maximum Gasteiger partial charge on any atom is 0.255 e. The molecule has 0 saturated carbocycles. The number of amides is 3. The number of carbonyl (C=O) groups excluding carboxylic acids is 3. The second-order valence-electron chi connectivity index (χ2n) is 7.08. The van der Waals surface area contributed by atoms with E-state index in [9.17, 15) is 14.4 Å². The van der Waals surface area contributed by atoms with Crippen molar-refractivity contribution in [3.05, 3.63) is 88.9 Å². The van der Waals surface area contributed by atoms with Crippen LogP contribution in [-0.2, 0) is 16.1 Å². The van der Waals surface area contributed by atoms with Gasteiger partial charge in [0.2, 0.25) is 11.8 Å². The molecule has 1 heterocycles. The van der Waals surface area contributed by atoms with Crippen molar-refractivity contribution < 1.29 is 19.1 Å². The highest BCUT2D eigenvalue weighted by Crippen LogP contribution is 2.29. The number of nitrogens with one attached hydrogen (secondary N) is 1. The number of anilines is 1. The molecule has 7 heteroatoms. The smallest absolute Gasteiger partial charge is 0.255 e. The molecule has 4 rings (SSSR count). The lowest BCUT2D eigenvalue weighted by molar-refractivity contribution is -0.139. The third-order valence-electron chi connectivity index (χ3n) is 4.89. The summed E-state index contributed by atoms with van der Waals surface area (Å²) >= 11 is 6.10. The predicted octanol–water partition coefficient (Wildman–Crippen LogP) is 5.03. The average Bonchev–Trinajstić information content (AvgIpc) is 3.09. The lowest BCUT2D eigenvalue weighted by Gasteiger charge is -2.14. The van der Waals surface area contributed by atoms with Crippen molar-refractivity contribution in [1.82, 2.24) is 4.90 Å².